The highest BCUT2D eigenvalue weighted by atomic mass is 32.1. The highest BCUT2D eigenvalue weighted by Crippen LogP contribution is 2.13. The van der Waals surface area contributed by atoms with Crippen LogP contribution in [-0.4, -0.2) is 35.8 Å². The Kier molecular flexibility index (Phi) is 6.01. The minimum atomic E-state index is -0.528. The van der Waals surface area contributed by atoms with E-state index in [0.717, 1.165) is 37.1 Å². The van der Waals surface area contributed by atoms with Crippen LogP contribution in [0.1, 0.15) is 24.0 Å². The Balaban J connectivity index is 1.68. The summed E-state index contributed by atoms with van der Waals surface area (Å²) in [5, 5.41) is 6.83. The van der Waals surface area contributed by atoms with E-state index in [1.54, 1.807) is 17.4 Å². The van der Waals surface area contributed by atoms with E-state index in [-0.39, 0.29) is 11.8 Å². The highest BCUT2D eigenvalue weighted by molar-refractivity contribution is 7.08. The molecular weight excluding hydrogens is 332 g/mol. The number of thiophene rings is 1. The molecule has 1 saturated heterocycles. The average molecular weight is 354 g/mol. The van der Waals surface area contributed by atoms with E-state index in [2.05, 4.69) is 5.32 Å². The fraction of sp³-hybridized carbons (Fsp3) is 0.300. The fourth-order valence-corrected chi connectivity index (χ4v) is 3.60. The predicted molar refractivity (Wildman–Crippen MR) is 101 cm³/mol. The summed E-state index contributed by atoms with van der Waals surface area (Å²) >= 11 is 1.58. The summed E-state index contributed by atoms with van der Waals surface area (Å²) < 4.78 is 0. The molecule has 0 unspecified atom stereocenters. The van der Waals surface area contributed by atoms with Gasteiger partial charge >= 0.3 is 0 Å². The molecule has 0 radical (unpaired) electrons. The van der Waals surface area contributed by atoms with Gasteiger partial charge in [-0.3, -0.25) is 9.59 Å². The number of carbonyl (C=O) groups excluding carboxylic acids is 2. The van der Waals surface area contributed by atoms with Gasteiger partial charge in [-0.05, 0) is 46.9 Å². The number of hydrogen-bond acceptors (Lipinski definition) is 3. The van der Waals surface area contributed by atoms with E-state index in [1.165, 1.54) is 6.08 Å². The third-order valence-electron chi connectivity index (χ3n) is 4.29. The molecule has 1 fully saturated rings. The fourth-order valence-electron chi connectivity index (χ4n) is 2.97. The van der Waals surface area contributed by atoms with E-state index in [9.17, 15) is 9.59 Å². The van der Waals surface area contributed by atoms with Crippen molar-refractivity contribution in [2.75, 3.05) is 13.1 Å². The van der Waals surface area contributed by atoms with Gasteiger partial charge < -0.3 is 10.2 Å². The maximum atomic E-state index is 12.8. The van der Waals surface area contributed by atoms with Crippen molar-refractivity contribution >= 4 is 29.2 Å². The number of benzene rings is 1. The Hall–Kier alpha value is -2.40. The first-order valence-corrected chi connectivity index (χ1v) is 9.50. The molecule has 1 atom stereocenters. The van der Waals surface area contributed by atoms with Crippen molar-refractivity contribution in [2.45, 2.75) is 25.3 Å². The van der Waals surface area contributed by atoms with Gasteiger partial charge in [0, 0.05) is 25.6 Å². The zero-order chi connectivity index (χ0) is 17.5. The zero-order valence-corrected chi connectivity index (χ0v) is 14.9. The van der Waals surface area contributed by atoms with Crippen LogP contribution in [0.2, 0.25) is 0 Å². The second-order valence-corrected chi connectivity index (χ2v) is 6.95. The van der Waals surface area contributed by atoms with E-state index in [4.69, 9.17) is 0 Å². The van der Waals surface area contributed by atoms with Gasteiger partial charge in [-0.1, -0.05) is 30.3 Å². The van der Waals surface area contributed by atoms with Gasteiger partial charge in [0.25, 0.3) is 0 Å². The number of likely N-dealkylation sites (tertiary alicyclic amines) is 1. The van der Waals surface area contributed by atoms with Crippen molar-refractivity contribution < 1.29 is 9.59 Å². The predicted octanol–water partition coefficient (Wildman–Crippen LogP) is 3.11. The number of rotatable bonds is 6. The molecular formula is C20H22N2O2S. The second-order valence-electron chi connectivity index (χ2n) is 6.17. The van der Waals surface area contributed by atoms with E-state index in [1.807, 2.05) is 52.1 Å². The summed E-state index contributed by atoms with van der Waals surface area (Å²) in [6, 6.07) is 11.2. The molecule has 2 amide bonds. The molecule has 25 heavy (non-hydrogen) atoms. The lowest BCUT2D eigenvalue weighted by Crippen LogP contribution is -2.48. The van der Waals surface area contributed by atoms with Crippen LogP contribution in [0.25, 0.3) is 6.08 Å². The Morgan fingerprint density at radius 3 is 2.60 bits per heavy atom. The van der Waals surface area contributed by atoms with Crippen LogP contribution in [0.15, 0.2) is 53.2 Å². The standard InChI is InChI=1S/C20H22N2O2S/c23-19(9-8-17-10-13-25-15-17)21-18(14-16-6-2-1-3-7-16)20(24)22-11-4-5-12-22/h1-3,6-10,13,15,18H,4-5,11-12,14H2,(H,21,23)/b9-8+/t18-/m0/s1. The summed E-state index contributed by atoms with van der Waals surface area (Å²) in [6.07, 6.45) is 5.85. The molecule has 130 valence electrons. The molecule has 1 aromatic heterocycles. The Morgan fingerprint density at radius 1 is 1.16 bits per heavy atom. The summed E-state index contributed by atoms with van der Waals surface area (Å²) in [7, 11) is 0. The molecule has 1 aliphatic heterocycles. The van der Waals surface area contributed by atoms with Crippen molar-refractivity contribution in [1.82, 2.24) is 10.2 Å². The first kappa shape index (κ1) is 17.4. The lowest BCUT2D eigenvalue weighted by atomic mass is 10.0. The topological polar surface area (TPSA) is 49.4 Å². The molecule has 2 heterocycles. The Labute approximate surface area is 152 Å². The van der Waals surface area contributed by atoms with E-state index >= 15 is 0 Å². The lowest BCUT2D eigenvalue weighted by molar-refractivity contribution is -0.134. The molecule has 0 saturated carbocycles. The van der Waals surface area contributed by atoms with Gasteiger partial charge in [0.2, 0.25) is 11.8 Å². The van der Waals surface area contributed by atoms with Crippen LogP contribution in [0.4, 0.5) is 0 Å². The first-order chi connectivity index (χ1) is 12.2. The SMILES string of the molecule is O=C(/C=C/c1ccsc1)N[C@@H](Cc1ccccc1)C(=O)N1CCCC1. The van der Waals surface area contributed by atoms with Crippen molar-refractivity contribution in [2.24, 2.45) is 0 Å². The number of amides is 2. The molecule has 4 nitrogen and oxygen atoms in total. The van der Waals surface area contributed by atoms with Crippen LogP contribution < -0.4 is 5.32 Å². The van der Waals surface area contributed by atoms with Crippen LogP contribution in [-0.2, 0) is 16.0 Å². The van der Waals surface area contributed by atoms with Crippen molar-refractivity contribution in [3.8, 4) is 0 Å². The maximum absolute atomic E-state index is 12.8. The summed E-state index contributed by atoms with van der Waals surface area (Å²) in [5.41, 5.74) is 2.03. The molecule has 0 bridgehead atoms. The molecule has 5 heteroatoms. The molecule has 0 spiro atoms. The first-order valence-electron chi connectivity index (χ1n) is 8.56. The van der Waals surface area contributed by atoms with Crippen molar-refractivity contribution in [1.29, 1.82) is 0 Å². The smallest absolute Gasteiger partial charge is 0.245 e. The minimum Gasteiger partial charge on any atom is -0.341 e. The number of nitrogens with one attached hydrogen (secondary N) is 1. The number of hydrogen-bond donors (Lipinski definition) is 1. The van der Waals surface area contributed by atoms with Gasteiger partial charge in [-0.25, -0.2) is 0 Å². The van der Waals surface area contributed by atoms with Gasteiger partial charge in [-0.15, -0.1) is 0 Å². The monoisotopic (exact) mass is 354 g/mol. The van der Waals surface area contributed by atoms with Gasteiger partial charge in [0.15, 0.2) is 0 Å². The molecule has 0 aliphatic carbocycles. The Morgan fingerprint density at radius 2 is 1.92 bits per heavy atom. The van der Waals surface area contributed by atoms with Crippen LogP contribution in [0.5, 0.6) is 0 Å². The number of carbonyl (C=O) groups is 2. The second kappa shape index (κ2) is 8.62. The molecule has 3 rings (SSSR count). The van der Waals surface area contributed by atoms with Gasteiger partial charge in [0.05, 0.1) is 0 Å². The molecule has 1 N–H and O–H groups in total. The minimum absolute atomic E-state index is 0.0126. The molecule has 1 aliphatic rings. The van der Waals surface area contributed by atoms with Crippen molar-refractivity contribution in [3.05, 3.63) is 64.4 Å². The highest BCUT2D eigenvalue weighted by Gasteiger charge is 2.27. The third-order valence-corrected chi connectivity index (χ3v) is 4.99. The third kappa shape index (κ3) is 5.03. The van der Waals surface area contributed by atoms with Gasteiger partial charge in [0.1, 0.15) is 6.04 Å². The molecule has 2 aromatic rings. The largest absolute Gasteiger partial charge is 0.341 e. The quantitative estimate of drug-likeness (QED) is 0.811. The summed E-state index contributed by atoms with van der Waals surface area (Å²) in [6.45, 7) is 1.56. The number of nitrogens with zero attached hydrogens (tertiary/aromatic N) is 1. The lowest BCUT2D eigenvalue weighted by Gasteiger charge is -2.23. The summed E-state index contributed by atoms with van der Waals surface area (Å²) in [4.78, 5) is 27.0. The van der Waals surface area contributed by atoms with Crippen LogP contribution in [0.3, 0.4) is 0 Å². The van der Waals surface area contributed by atoms with Crippen LogP contribution in [0, 0.1) is 0 Å². The molecule has 1 aromatic carbocycles. The Bertz CT molecular complexity index is 719. The normalized spacial score (nSPS) is 15.4. The zero-order valence-electron chi connectivity index (χ0n) is 14.1. The van der Waals surface area contributed by atoms with E-state index in [0.29, 0.717) is 6.42 Å². The van der Waals surface area contributed by atoms with E-state index < -0.39 is 6.04 Å². The summed E-state index contributed by atoms with van der Waals surface area (Å²) in [5.74, 6) is -0.224. The van der Waals surface area contributed by atoms with Crippen LogP contribution >= 0.6 is 11.3 Å². The average Bonchev–Trinajstić information content (AvgIpc) is 3.33. The maximum Gasteiger partial charge on any atom is 0.245 e. The van der Waals surface area contributed by atoms with Crippen molar-refractivity contribution in [3.63, 3.8) is 0 Å². The van der Waals surface area contributed by atoms with Gasteiger partial charge in [-0.2, -0.15) is 11.3 Å².